The summed E-state index contributed by atoms with van der Waals surface area (Å²) in [5.74, 6) is -1.97. The minimum atomic E-state index is -0.810. The topological polar surface area (TPSA) is 117 Å². The van der Waals surface area contributed by atoms with Gasteiger partial charge in [0.25, 0.3) is 0 Å². The number of rotatable bonds is 12. The fourth-order valence-electron chi connectivity index (χ4n) is 2.78. The molecule has 1 aromatic rings. The van der Waals surface area contributed by atoms with E-state index in [9.17, 15) is 14.3 Å². The Bertz CT molecular complexity index is 833. The van der Waals surface area contributed by atoms with Gasteiger partial charge >= 0.3 is 5.97 Å². The summed E-state index contributed by atoms with van der Waals surface area (Å²) in [5, 5.41) is 25.2. The van der Waals surface area contributed by atoms with Crippen LogP contribution in [0.2, 0.25) is 0 Å². The number of halogens is 1. The molecule has 0 saturated heterocycles. The van der Waals surface area contributed by atoms with Gasteiger partial charge in [-0.15, -0.1) is 0 Å². The number of carboxylic acid groups (broad SMARTS) is 1. The summed E-state index contributed by atoms with van der Waals surface area (Å²) in [7, 11) is 1.83. The molecule has 0 fully saturated rings. The second kappa shape index (κ2) is 16.5. The van der Waals surface area contributed by atoms with Gasteiger partial charge in [0.1, 0.15) is 6.61 Å². The van der Waals surface area contributed by atoms with Crippen molar-refractivity contribution in [3.63, 3.8) is 0 Å². The average Bonchev–Trinajstić information content (AvgIpc) is 2.76. The summed E-state index contributed by atoms with van der Waals surface area (Å²) in [6, 6.07) is 7.42. The maximum atomic E-state index is 13.5. The van der Waals surface area contributed by atoms with Crippen molar-refractivity contribution in [2.75, 3.05) is 13.7 Å². The number of nitrogens with zero attached hydrogens (tertiary/aromatic N) is 1. The Labute approximate surface area is 196 Å². The molecule has 184 valence electrons. The van der Waals surface area contributed by atoms with Gasteiger partial charge in [-0.1, -0.05) is 63.2 Å². The number of allylic oxidation sites excluding steroid dienone is 3. The molecule has 0 amide bonds. The fourth-order valence-corrected chi connectivity index (χ4v) is 2.78. The number of hydrogen-bond donors (Lipinski definition) is 4. The fraction of sp³-hybridized carbons (Fsp3) is 0.440. The van der Waals surface area contributed by atoms with Crippen LogP contribution < -0.4 is 11.1 Å². The molecule has 0 aliphatic carbocycles. The van der Waals surface area contributed by atoms with Crippen LogP contribution >= 0.6 is 0 Å². The van der Waals surface area contributed by atoms with Gasteiger partial charge in [-0.25, -0.2) is 4.39 Å². The maximum absolute atomic E-state index is 13.5. The number of hydrogen-bond acceptors (Lipinski definition) is 5. The Balaban J connectivity index is 0.00000322. The predicted molar refractivity (Wildman–Crippen MR) is 132 cm³/mol. The third-order valence-electron chi connectivity index (χ3n) is 4.38. The van der Waals surface area contributed by atoms with Crippen molar-refractivity contribution in [3.05, 3.63) is 71.3 Å². The number of amidine groups is 1. The minimum Gasteiger partial charge on any atom is -0.505 e. The molecule has 0 heterocycles. The summed E-state index contributed by atoms with van der Waals surface area (Å²) >= 11 is 0. The van der Waals surface area contributed by atoms with Gasteiger partial charge in [0.05, 0.1) is 0 Å². The molecule has 33 heavy (non-hydrogen) atoms. The third-order valence-corrected chi connectivity index (χ3v) is 4.38. The van der Waals surface area contributed by atoms with E-state index >= 15 is 0 Å². The van der Waals surface area contributed by atoms with E-state index in [1.807, 2.05) is 26.1 Å². The molecule has 2 unspecified atom stereocenters. The quantitative estimate of drug-likeness (QED) is 0.109. The maximum Gasteiger partial charge on any atom is 0.303 e. The summed E-state index contributed by atoms with van der Waals surface area (Å²) in [4.78, 5) is 16.0. The van der Waals surface area contributed by atoms with Gasteiger partial charge in [0.2, 0.25) is 0 Å². The summed E-state index contributed by atoms with van der Waals surface area (Å²) in [5.41, 5.74) is 8.10. The number of carboxylic acids is 1. The number of aliphatic carboxylic acids is 1. The Morgan fingerprint density at radius 1 is 1.30 bits per heavy atom. The molecular formula is C25H38FN3O4. The average molecular weight is 464 g/mol. The highest BCUT2D eigenvalue weighted by atomic mass is 19.1. The first-order valence-corrected chi connectivity index (χ1v) is 10.9. The molecular weight excluding hydrogens is 425 g/mol. The molecule has 5 N–H and O–H groups in total. The zero-order chi connectivity index (χ0) is 25.4. The van der Waals surface area contributed by atoms with Crippen LogP contribution in [0.1, 0.15) is 64.1 Å². The van der Waals surface area contributed by atoms with Gasteiger partial charge in [-0.3, -0.25) is 4.79 Å². The zero-order valence-electron chi connectivity index (χ0n) is 20.3. The standard InChI is InChI=1S/C22H30FN3O4.C3H8/c1-5-20(27)18(23)10-15(3)13-30-26-22(24)17-8-6-16(7-9-17)19(25-4)11-14(2)12-21(28)29;1-3-2/h5-10,14,19,25,27H,1,11-13H2,2-4H3,(H2,24,26)(H,28,29);3H2,1-2H3/b15-10+,20-18-;. The normalized spacial score (nSPS) is 14.4. The highest BCUT2D eigenvalue weighted by Crippen LogP contribution is 2.23. The molecule has 0 saturated carbocycles. The highest BCUT2D eigenvalue weighted by molar-refractivity contribution is 5.97. The van der Waals surface area contributed by atoms with Crippen molar-refractivity contribution in [2.24, 2.45) is 16.8 Å². The molecule has 1 aromatic carbocycles. The zero-order valence-corrected chi connectivity index (χ0v) is 20.3. The van der Waals surface area contributed by atoms with Crippen LogP contribution in [-0.2, 0) is 9.63 Å². The molecule has 7 nitrogen and oxygen atoms in total. The second-order valence-electron chi connectivity index (χ2n) is 7.79. The van der Waals surface area contributed by atoms with Crippen LogP contribution in [0.3, 0.4) is 0 Å². The number of nitrogens with two attached hydrogens (primary N) is 1. The van der Waals surface area contributed by atoms with E-state index in [4.69, 9.17) is 15.7 Å². The van der Waals surface area contributed by atoms with Crippen molar-refractivity contribution in [3.8, 4) is 0 Å². The van der Waals surface area contributed by atoms with Gasteiger partial charge < -0.3 is 26.1 Å². The largest absolute Gasteiger partial charge is 0.505 e. The van der Waals surface area contributed by atoms with Gasteiger partial charge in [0, 0.05) is 18.0 Å². The lowest BCUT2D eigenvalue weighted by atomic mass is 9.93. The van der Waals surface area contributed by atoms with E-state index in [1.165, 1.54) is 6.42 Å². The Morgan fingerprint density at radius 3 is 2.36 bits per heavy atom. The van der Waals surface area contributed by atoms with E-state index in [0.717, 1.165) is 17.7 Å². The number of benzene rings is 1. The van der Waals surface area contributed by atoms with E-state index in [-0.39, 0.29) is 30.8 Å². The summed E-state index contributed by atoms with van der Waals surface area (Å²) in [6.07, 6.45) is 4.19. The van der Waals surface area contributed by atoms with Crippen LogP contribution in [0.5, 0.6) is 0 Å². The highest BCUT2D eigenvalue weighted by Gasteiger charge is 2.16. The van der Waals surface area contributed by atoms with Crippen molar-refractivity contribution in [1.82, 2.24) is 5.32 Å². The Morgan fingerprint density at radius 2 is 1.88 bits per heavy atom. The Kier molecular flexibility index (Phi) is 14.9. The van der Waals surface area contributed by atoms with Gasteiger partial charge in [-0.05, 0) is 49.6 Å². The number of oxime groups is 1. The van der Waals surface area contributed by atoms with Crippen LogP contribution in [0.25, 0.3) is 0 Å². The van der Waals surface area contributed by atoms with Crippen molar-refractivity contribution in [1.29, 1.82) is 0 Å². The molecule has 1 rings (SSSR count). The first kappa shape index (κ1) is 29.9. The van der Waals surface area contributed by atoms with Crippen LogP contribution in [0.15, 0.2) is 65.3 Å². The Hall–Kier alpha value is -3.13. The second-order valence-corrected chi connectivity index (χ2v) is 7.79. The van der Waals surface area contributed by atoms with Gasteiger partial charge in [-0.2, -0.15) is 0 Å². The van der Waals surface area contributed by atoms with E-state index in [2.05, 4.69) is 30.9 Å². The summed E-state index contributed by atoms with van der Waals surface area (Å²) < 4.78 is 13.5. The van der Waals surface area contributed by atoms with Crippen LogP contribution in [0, 0.1) is 5.92 Å². The number of aliphatic hydroxyl groups excluding tert-OH is 1. The number of carbonyl (C=O) groups is 1. The molecule has 0 aromatic heterocycles. The third kappa shape index (κ3) is 12.5. The van der Waals surface area contributed by atoms with Crippen LogP contribution in [0.4, 0.5) is 4.39 Å². The predicted octanol–water partition coefficient (Wildman–Crippen LogP) is 5.37. The lowest BCUT2D eigenvalue weighted by molar-refractivity contribution is -0.138. The van der Waals surface area contributed by atoms with Crippen molar-refractivity contribution < 1.29 is 24.2 Å². The smallest absolute Gasteiger partial charge is 0.303 e. The summed E-state index contributed by atoms with van der Waals surface area (Å²) in [6.45, 7) is 11.1. The molecule has 0 aliphatic heterocycles. The van der Waals surface area contributed by atoms with Crippen LogP contribution in [-0.4, -0.2) is 35.7 Å². The molecule has 2 atom stereocenters. The molecule has 0 radical (unpaired) electrons. The lowest BCUT2D eigenvalue weighted by Gasteiger charge is -2.20. The molecule has 8 heteroatoms. The molecule has 0 spiro atoms. The van der Waals surface area contributed by atoms with Gasteiger partial charge in [0.15, 0.2) is 17.4 Å². The first-order valence-electron chi connectivity index (χ1n) is 10.9. The van der Waals surface area contributed by atoms with E-state index < -0.39 is 17.6 Å². The first-order chi connectivity index (χ1) is 15.6. The van der Waals surface area contributed by atoms with Crippen molar-refractivity contribution in [2.45, 2.75) is 53.0 Å². The van der Waals surface area contributed by atoms with E-state index in [0.29, 0.717) is 17.6 Å². The number of nitrogens with one attached hydrogen (secondary N) is 1. The molecule has 0 bridgehead atoms. The monoisotopic (exact) mass is 463 g/mol. The van der Waals surface area contributed by atoms with Crippen molar-refractivity contribution >= 4 is 11.8 Å². The van der Waals surface area contributed by atoms with E-state index in [1.54, 1.807) is 19.1 Å². The molecule has 0 aliphatic rings. The SMILES string of the molecule is C=C/C(O)=C(F)\C=C(/C)CO/N=C(\N)c1ccc(C(CC(C)CC(=O)O)NC)cc1.CCC. The lowest BCUT2D eigenvalue weighted by Crippen LogP contribution is -2.20. The minimum absolute atomic E-state index is 0.0000784. The number of aliphatic hydroxyl groups is 1.